The third-order valence-corrected chi connectivity index (χ3v) is 5.64. The van der Waals surface area contributed by atoms with Crippen molar-refractivity contribution in [2.45, 2.75) is 13.8 Å². The number of pyridine rings is 2. The minimum absolute atomic E-state index is 0.128. The molecule has 10 nitrogen and oxygen atoms in total. The second kappa shape index (κ2) is 9.29. The fraction of sp³-hybridized carbons (Fsp3) is 0.304. The fourth-order valence-electron chi connectivity index (χ4n) is 3.49. The van der Waals surface area contributed by atoms with Gasteiger partial charge < -0.3 is 25.3 Å². The van der Waals surface area contributed by atoms with Gasteiger partial charge in [0, 0.05) is 47.6 Å². The summed E-state index contributed by atoms with van der Waals surface area (Å²) < 4.78 is 5.31. The van der Waals surface area contributed by atoms with Gasteiger partial charge in [0.25, 0.3) is 11.8 Å². The standard InChI is InChI=1S/C23H25N7O3/c1-13(14(2)24)20(25)22(31)28-17-9-16-11-18(29-21(16)27-12-17)15-3-4-26-19(10-15)23(32)30-5-7-33-8-6-30/h3-4,9-13,24-25H,5-8H2,1-2H3,(H,27,29)(H,28,31). The van der Waals surface area contributed by atoms with Crippen LogP contribution in [0.2, 0.25) is 0 Å². The zero-order chi connectivity index (χ0) is 23.5. The molecule has 0 radical (unpaired) electrons. The van der Waals surface area contributed by atoms with Crippen LogP contribution in [0.3, 0.4) is 0 Å². The maximum Gasteiger partial charge on any atom is 0.272 e. The molecule has 3 aromatic rings. The summed E-state index contributed by atoms with van der Waals surface area (Å²) in [6.45, 7) is 5.36. The van der Waals surface area contributed by atoms with Crippen molar-refractivity contribution in [1.29, 1.82) is 10.8 Å². The van der Waals surface area contributed by atoms with E-state index in [-0.39, 0.29) is 17.3 Å². The Bertz CT molecular complexity index is 1240. The molecule has 4 heterocycles. The number of rotatable bonds is 6. The molecule has 3 aromatic heterocycles. The highest BCUT2D eigenvalue weighted by Crippen LogP contribution is 2.25. The Morgan fingerprint density at radius 2 is 1.94 bits per heavy atom. The summed E-state index contributed by atoms with van der Waals surface area (Å²) in [5, 5.41) is 19.0. The molecule has 2 amide bonds. The number of morpholine rings is 1. The SMILES string of the molecule is CC(=N)C(C)C(=N)C(=O)Nc1cnc2[nH]c(-c3ccnc(C(=O)N4CCOCC4)c3)cc2c1. The Balaban J connectivity index is 1.54. The van der Waals surface area contributed by atoms with Gasteiger partial charge in [-0.3, -0.25) is 20.0 Å². The number of fused-ring (bicyclic) bond motifs is 1. The van der Waals surface area contributed by atoms with Gasteiger partial charge in [-0.05, 0) is 31.2 Å². The molecule has 4 N–H and O–H groups in total. The van der Waals surface area contributed by atoms with Crippen LogP contribution in [0.25, 0.3) is 22.3 Å². The monoisotopic (exact) mass is 447 g/mol. The quantitative estimate of drug-likeness (QED) is 0.429. The molecular formula is C23H25N7O3. The van der Waals surface area contributed by atoms with E-state index in [0.717, 1.165) is 16.6 Å². The summed E-state index contributed by atoms with van der Waals surface area (Å²) in [7, 11) is 0. The van der Waals surface area contributed by atoms with E-state index in [1.165, 1.54) is 6.20 Å². The first-order valence-corrected chi connectivity index (χ1v) is 10.6. The van der Waals surface area contributed by atoms with Gasteiger partial charge >= 0.3 is 0 Å². The molecule has 1 aliphatic heterocycles. The Kier molecular flexibility index (Phi) is 6.27. The largest absolute Gasteiger partial charge is 0.378 e. The summed E-state index contributed by atoms with van der Waals surface area (Å²) >= 11 is 0. The van der Waals surface area contributed by atoms with Crippen LogP contribution in [0.1, 0.15) is 24.3 Å². The summed E-state index contributed by atoms with van der Waals surface area (Å²) in [4.78, 5) is 38.7. The minimum Gasteiger partial charge on any atom is -0.378 e. The zero-order valence-electron chi connectivity index (χ0n) is 18.4. The smallest absolute Gasteiger partial charge is 0.272 e. The number of hydrogen-bond donors (Lipinski definition) is 4. The Morgan fingerprint density at radius 3 is 2.67 bits per heavy atom. The lowest BCUT2D eigenvalue weighted by molar-refractivity contribution is -0.110. The van der Waals surface area contributed by atoms with Crippen molar-refractivity contribution in [2.75, 3.05) is 31.6 Å². The van der Waals surface area contributed by atoms with E-state index in [1.54, 1.807) is 37.1 Å². The molecule has 0 aliphatic carbocycles. The molecule has 170 valence electrons. The van der Waals surface area contributed by atoms with Crippen LogP contribution in [-0.4, -0.2) is 69.4 Å². The van der Waals surface area contributed by atoms with Crippen molar-refractivity contribution in [3.05, 3.63) is 42.4 Å². The van der Waals surface area contributed by atoms with E-state index in [0.29, 0.717) is 43.3 Å². The molecule has 1 atom stereocenters. The van der Waals surface area contributed by atoms with Crippen LogP contribution in [0.5, 0.6) is 0 Å². The minimum atomic E-state index is -0.564. The topological polar surface area (TPSA) is 148 Å². The first-order valence-electron chi connectivity index (χ1n) is 10.6. The van der Waals surface area contributed by atoms with Crippen LogP contribution < -0.4 is 5.32 Å². The fourth-order valence-corrected chi connectivity index (χ4v) is 3.49. The normalized spacial score (nSPS) is 14.7. The number of amides is 2. The van der Waals surface area contributed by atoms with Crippen LogP contribution >= 0.6 is 0 Å². The number of carbonyl (C=O) groups is 2. The molecule has 1 saturated heterocycles. The molecule has 4 rings (SSSR count). The third-order valence-electron chi connectivity index (χ3n) is 5.64. The van der Waals surface area contributed by atoms with E-state index in [4.69, 9.17) is 15.6 Å². The summed E-state index contributed by atoms with van der Waals surface area (Å²) in [5.74, 6) is -1.25. The highest BCUT2D eigenvalue weighted by molar-refractivity contribution is 6.45. The average molecular weight is 447 g/mol. The second-order valence-corrected chi connectivity index (χ2v) is 7.95. The maximum absolute atomic E-state index is 12.8. The van der Waals surface area contributed by atoms with Gasteiger partial charge in [-0.2, -0.15) is 0 Å². The number of ether oxygens (including phenoxy) is 1. The number of nitrogens with one attached hydrogen (secondary N) is 4. The number of carbonyl (C=O) groups excluding carboxylic acids is 2. The second-order valence-electron chi connectivity index (χ2n) is 7.95. The number of aromatic amines is 1. The van der Waals surface area contributed by atoms with Gasteiger partial charge in [0.05, 0.1) is 25.1 Å². The van der Waals surface area contributed by atoms with Crippen molar-refractivity contribution in [2.24, 2.45) is 5.92 Å². The number of H-pyrrole nitrogens is 1. The van der Waals surface area contributed by atoms with Crippen molar-refractivity contribution < 1.29 is 14.3 Å². The average Bonchev–Trinajstić information content (AvgIpc) is 3.26. The first-order chi connectivity index (χ1) is 15.8. The van der Waals surface area contributed by atoms with Crippen LogP contribution in [0.4, 0.5) is 5.69 Å². The molecule has 10 heteroatoms. The Morgan fingerprint density at radius 1 is 1.18 bits per heavy atom. The molecule has 1 unspecified atom stereocenters. The van der Waals surface area contributed by atoms with Crippen LogP contribution in [0, 0.1) is 16.7 Å². The summed E-state index contributed by atoms with van der Waals surface area (Å²) in [6.07, 6.45) is 3.11. The molecule has 0 bridgehead atoms. The molecule has 33 heavy (non-hydrogen) atoms. The summed E-state index contributed by atoms with van der Waals surface area (Å²) in [5.41, 5.74) is 3.08. The van der Waals surface area contributed by atoms with Gasteiger partial charge in [-0.15, -0.1) is 0 Å². The predicted octanol–water partition coefficient (Wildman–Crippen LogP) is 2.73. The van der Waals surface area contributed by atoms with E-state index in [1.807, 2.05) is 12.1 Å². The predicted molar refractivity (Wildman–Crippen MR) is 125 cm³/mol. The zero-order valence-corrected chi connectivity index (χ0v) is 18.4. The summed E-state index contributed by atoms with van der Waals surface area (Å²) in [6, 6.07) is 7.20. The van der Waals surface area contributed by atoms with Crippen LogP contribution in [0.15, 0.2) is 36.7 Å². The van der Waals surface area contributed by atoms with Gasteiger partial charge in [-0.25, -0.2) is 4.98 Å². The highest BCUT2D eigenvalue weighted by Gasteiger charge is 2.21. The molecule has 0 spiro atoms. The number of hydrogen-bond acceptors (Lipinski definition) is 7. The third kappa shape index (κ3) is 4.80. The van der Waals surface area contributed by atoms with E-state index < -0.39 is 11.8 Å². The maximum atomic E-state index is 12.8. The van der Waals surface area contributed by atoms with Gasteiger partial charge in [0.2, 0.25) is 0 Å². The molecule has 0 saturated carbocycles. The molecule has 0 aromatic carbocycles. The van der Waals surface area contributed by atoms with Crippen molar-refractivity contribution in [3.63, 3.8) is 0 Å². The number of anilines is 1. The Labute approximate surface area is 190 Å². The van der Waals surface area contributed by atoms with Gasteiger partial charge in [0.1, 0.15) is 17.1 Å². The molecule has 1 fully saturated rings. The van der Waals surface area contributed by atoms with E-state index in [2.05, 4.69) is 20.3 Å². The number of nitrogens with zero attached hydrogens (tertiary/aromatic N) is 3. The van der Waals surface area contributed by atoms with Crippen molar-refractivity contribution in [3.8, 4) is 11.3 Å². The molecular weight excluding hydrogens is 422 g/mol. The molecule has 1 aliphatic rings. The van der Waals surface area contributed by atoms with Crippen LogP contribution in [-0.2, 0) is 9.53 Å². The van der Waals surface area contributed by atoms with Crippen molar-refractivity contribution in [1.82, 2.24) is 19.9 Å². The number of aromatic nitrogens is 3. The van der Waals surface area contributed by atoms with Gasteiger partial charge in [-0.1, -0.05) is 6.92 Å². The van der Waals surface area contributed by atoms with Crippen molar-refractivity contribution >= 4 is 40.0 Å². The lowest BCUT2D eigenvalue weighted by Crippen LogP contribution is -2.41. The lowest BCUT2D eigenvalue weighted by atomic mass is 10.0. The highest BCUT2D eigenvalue weighted by atomic mass is 16.5. The lowest BCUT2D eigenvalue weighted by Gasteiger charge is -2.26. The first kappa shape index (κ1) is 22.3. The van der Waals surface area contributed by atoms with E-state index >= 15 is 0 Å². The van der Waals surface area contributed by atoms with E-state index in [9.17, 15) is 9.59 Å². The Hall–Kier alpha value is -3.92. The van der Waals surface area contributed by atoms with Gasteiger partial charge in [0.15, 0.2) is 0 Å².